The molecule has 1 amide bonds. The smallest absolute Gasteiger partial charge is 0.223 e. The van der Waals surface area contributed by atoms with Gasteiger partial charge in [-0.25, -0.2) is 0 Å². The van der Waals surface area contributed by atoms with E-state index in [1.807, 2.05) is 23.1 Å². The number of amides is 1. The molecule has 0 bridgehead atoms. The van der Waals surface area contributed by atoms with Gasteiger partial charge in [0, 0.05) is 45.7 Å². The lowest BCUT2D eigenvalue weighted by atomic mass is 9.99. The molecule has 2 saturated heterocycles. The van der Waals surface area contributed by atoms with Gasteiger partial charge in [-0.05, 0) is 42.9 Å². The van der Waals surface area contributed by atoms with Gasteiger partial charge in [-0.1, -0.05) is 37.3 Å². The molecule has 2 aliphatic rings. The molecule has 2 aliphatic heterocycles. The quantitative estimate of drug-likeness (QED) is 0.782. The zero-order valence-corrected chi connectivity index (χ0v) is 17.3. The Morgan fingerprint density at radius 2 is 1.45 bits per heavy atom. The number of carbonyl (C=O) groups excluding carboxylic acids is 1. The average Bonchev–Trinajstić information content (AvgIpc) is 2.79. The molecule has 154 valence electrons. The van der Waals surface area contributed by atoms with Gasteiger partial charge in [-0.2, -0.15) is 0 Å². The molecular formula is C23H31N5O. The maximum Gasteiger partial charge on any atom is 0.223 e. The molecule has 4 rings (SSSR count). The van der Waals surface area contributed by atoms with E-state index in [2.05, 4.69) is 51.2 Å². The number of hydrogen-bond acceptors (Lipinski definition) is 5. The summed E-state index contributed by atoms with van der Waals surface area (Å²) in [5, 5.41) is 8.95. The number of anilines is 2. The largest absolute Gasteiger partial charge is 0.355 e. The molecule has 1 aromatic heterocycles. The highest BCUT2D eigenvalue weighted by molar-refractivity contribution is 5.76. The summed E-state index contributed by atoms with van der Waals surface area (Å²) in [4.78, 5) is 19.1. The summed E-state index contributed by atoms with van der Waals surface area (Å²) in [5.74, 6) is 2.95. The number of aryl methyl sites for hydroxylation is 1. The molecule has 2 fully saturated rings. The summed E-state index contributed by atoms with van der Waals surface area (Å²) in [6.07, 6.45) is 3.84. The molecule has 6 nitrogen and oxygen atoms in total. The van der Waals surface area contributed by atoms with Gasteiger partial charge in [0.05, 0.1) is 0 Å². The fraction of sp³-hybridized carbons (Fsp3) is 0.522. The summed E-state index contributed by atoms with van der Waals surface area (Å²) < 4.78 is 0. The van der Waals surface area contributed by atoms with Crippen LogP contribution in [-0.4, -0.2) is 60.3 Å². The first-order valence-corrected chi connectivity index (χ1v) is 10.8. The van der Waals surface area contributed by atoms with E-state index in [0.717, 1.165) is 63.2 Å². The van der Waals surface area contributed by atoms with Gasteiger partial charge in [0.15, 0.2) is 11.6 Å². The highest BCUT2D eigenvalue weighted by atomic mass is 16.2. The van der Waals surface area contributed by atoms with E-state index < -0.39 is 0 Å². The van der Waals surface area contributed by atoms with Crippen LogP contribution in [0.1, 0.15) is 31.7 Å². The molecule has 29 heavy (non-hydrogen) atoms. The van der Waals surface area contributed by atoms with Crippen molar-refractivity contribution in [2.24, 2.45) is 5.92 Å². The number of aromatic nitrogens is 2. The Bertz CT molecular complexity index is 779. The van der Waals surface area contributed by atoms with Gasteiger partial charge in [0.25, 0.3) is 0 Å². The van der Waals surface area contributed by atoms with E-state index in [0.29, 0.717) is 6.42 Å². The first-order valence-electron chi connectivity index (χ1n) is 10.8. The van der Waals surface area contributed by atoms with Crippen molar-refractivity contribution in [2.45, 2.75) is 32.6 Å². The van der Waals surface area contributed by atoms with Crippen molar-refractivity contribution < 1.29 is 4.79 Å². The zero-order valence-electron chi connectivity index (χ0n) is 17.3. The molecule has 0 aliphatic carbocycles. The third kappa shape index (κ3) is 5.05. The fourth-order valence-corrected chi connectivity index (χ4v) is 4.13. The Hall–Kier alpha value is -2.63. The number of benzene rings is 1. The molecular weight excluding hydrogens is 362 g/mol. The van der Waals surface area contributed by atoms with Crippen molar-refractivity contribution in [1.82, 2.24) is 15.1 Å². The lowest BCUT2D eigenvalue weighted by Gasteiger charge is -2.35. The van der Waals surface area contributed by atoms with Crippen LogP contribution in [0.5, 0.6) is 0 Å². The normalized spacial score (nSPS) is 18.2. The molecule has 6 heteroatoms. The Kier molecular flexibility index (Phi) is 6.27. The number of carbonyl (C=O) groups is 1. The average molecular weight is 394 g/mol. The van der Waals surface area contributed by atoms with Gasteiger partial charge in [-0.3, -0.25) is 4.79 Å². The van der Waals surface area contributed by atoms with Crippen LogP contribution in [0.3, 0.4) is 0 Å². The van der Waals surface area contributed by atoms with Crippen molar-refractivity contribution in [1.29, 1.82) is 0 Å². The van der Waals surface area contributed by atoms with Gasteiger partial charge >= 0.3 is 0 Å². The zero-order chi connectivity index (χ0) is 20.1. The van der Waals surface area contributed by atoms with Crippen molar-refractivity contribution in [2.75, 3.05) is 49.1 Å². The third-order valence-corrected chi connectivity index (χ3v) is 6.17. The monoisotopic (exact) mass is 393 g/mol. The minimum absolute atomic E-state index is 0.245. The molecule has 0 radical (unpaired) electrons. The second-order valence-corrected chi connectivity index (χ2v) is 8.27. The van der Waals surface area contributed by atoms with Gasteiger partial charge in [-0.15, -0.1) is 10.2 Å². The van der Waals surface area contributed by atoms with Crippen molar-refractivity contribution >= 4 is 17.5 Å². The molecule has 2 aromatic rings. The first-order chi connectivity index (χ1) is 14.2. The molecule has 3 heterocycles. The second kappa shape index (κ2) is 9.25. The van der Waals surface area contributed by atoms with Crippen LogP contribution >= 0.6 is 0 Å². The minimum Gasteiger partial charge on any atom is -0.355 e. The van der Waals surface area contributed by atoms with Crippen LogP contribution in [-0.2, 0) is 11.2 Å². The maximum absolute atomic E-state index is 12.5. The van der Waals surface area contributed by atoms with Crippen molar-refractivity contribution in [3.63, 3.8) is 0 Å². The number of piperidine rings is 1. The third-order valence-electron chi connectivity index (χ3n) is 6.17. The van der Waals surface area contributed by atoms with E-state index in [4.69, 9.17) is 0 Å². The van der Waals surface area contributed by atoms with E-state index in [9.17, 15) is 4.79 Å². The molecule has 0 N–H and O–H groups in total. The Balaban J connectivity index is 1.25. The maximum atomic E-state index is 12.5. The summed E-state index contributed by atoms with van der Waals surface area (Å²) >= 11 is 0. The standard InChI is InChI=1S/C23H31N5O/c1-19-11-13-26(14-12-19)21-8-9-22(25-24-21)27-15-17-28(18-16-27)23(29)10-7-20-5-3-2-4-6-20/h2-6,8-9,19H,7,10-18H2,1H3. The minimum atomic E-state index is 0.245. The first kappa shape index (κ1) is 19.7. The Labute approximate surface area is 173 Å². The predicted molar refractivity (Wildman–Crippen MR) is 116 cm³/mol. The molecule has 0 saturated carbocycles. The number of rotatable bonds is 5. The summed E-state index contributed by atoms with van der Waals surface area (Å²) in [7, 11) is 0. The van der Waals surface area contributed by atoms with Crippen LogP contribution in [0.25, 0.3) is 0 Å². The molecule has 1 aromatic carbocycles. The lowest BCUT2D eigenvalue weighted by molar-refractivity contribution is -0.131. The summed E-state index contributed by atoms with van der Waals surface area (Å²) in [6, 6.07) is 14.4. The second-order valence-electron chi connectivity index (χ2n) is 8.27. The lowest BCUT2D eigenvalue weighted by Crippen LogP contribution is -2.49. The Morgan fingerprint density at radius 1 is 0.862 bits per heavy atom. The van der Waals surface area contributed by atoms with E-state index in [1.165, 1.54) is 18.4 Å². The van der Waals surface area contributed by atoms with Gasteiger partial charge < -0.3 is 14.7 Å². The van der Waals surface area contributed by atoms with E-state index in [1.54, 1.807) is 0 Å². The van der Waals surface area contributed by atoms with Crippen LogP contribution in [0.2, 0.25) is 0 Å². The fourth-order valence-electron chi connectivity index (χ4n) is 4.13. The van der Waals surface area contributed by atoms with Gasteiger partial charge in [0.1, 0.15) is 0 Å². The number of piperazine rings is 1. The molecule has 0 atom stereocenters. The Morgan fingerprint density at radius 3 is 2.03 bits per heavy atom. The van der Waals surface area contributed by atoms with E-state index in [-0.39, 0.29) is 5.91 Å². The summed E-state index contributed by atoms with van der Waals surface area (Å²) in [5.41, 5.74) is 1.22. The molecule has 0 unspecified atom stereocenters. The highest BCUT2D eigenvalue weighted by Gasteiger charge is 2.22. The topological polar surface area (TPSA) is 52.6 Å². The summed E-state index contributed by atoms with van der Waals surface area (Å²) in [6.45, 7) is 7.58. The van der Waals surface area contributed by atoms with E-state index >= 15 is 0 Å². The van der Waals surface area contributed by atoms with Crippen molar-refractivity contribution in [3.05, 3.63) is 48.0 Å². The highest BCUT2D eigenvalue weighted by Crippen LogP contribution is 2.22. The van der Waals surface area contributed by atoms with Crippen LogP contribution in [0.15, 0.2) is 42.5 Å². The number of nitrogens with zero attached hydrogens (tertiary/aromatic N) is 5. The number of hydrogen-bond donors (Lipinski definition) is 0. The SMILES string of the molecule is CC1CCN(c2ccc(N3CCN(C(=O)CCc4ccccc4)CC3)nn2)CC1. The van der Waals surface area contributed by atoms with Crippen LogP contribution < -0.4 is 9.80 Å². The van der Waals surface area contributed by atoms with Crippen molar-refractivity contribution in [3.8, 4) is 0 Å². The predicted octanol–water partition coefficient (Wildman–Crippen LogP) is 2.99. The van der Waals surface area contributed by atoms with Crippen LogP contribution in [0.4, 0.5) is 11.6 Å². The van der Waals surface area contributed by atoms with Crippen LogP contribution in [0, 0.1) is 5.92 Å². The molecule has 0 spiro atoms. The van der Waals surface area contributed by atoms with Gasteiger partial charge in [0.2, 0.25) is 5.91 Å².